The predicted molar refractivity (Wildman–Crippen MR) is 107 cm³/mol. The number of hydrogen-bond acceptors (Lipinski definition) is 7. The van der Waals surface area contributed by atoms with E-state index in [0.29, 0.717) is 29.2 Å². The summed E-state index contributed by atoms with van der Waals surface area (Å²) in [6, 6.07) is 5.56. The molecule has 0 radical (unpaired) electrons. The van der Waals surface area contributed by atoms with Crippen LogP contribution < -0.4 is 14.8 Å². The molecule has 1 aromatic heterocycles. The van der Waals surface area contributed by atoms with Crippen LogP contribution in [-0.2, 0) is 4.79 Å². The van der Waals surface area contributed by atoms with Gasteiger partial charge in [-0.2, -0.15) is 0 Å². The van der Waals surface area contributed by atoms with Crippen molar-refractivity contribution < 1.29 is 14.3 Å². The predicted octanol–water partition coefficient (Wildman–Crippen LogP) is 4.35. The highest BCUT2D eigenvalue weighted by Gasteiger charge is 2.08. The van der Waals surface area contributed by atoms with Gasteiger partial charge in [-0.1, -0.05) is 49.9 Å². The zero-order valence-electron chi connectivity index (χ0n) is 15.3. The average Bonchev–Trinajstić information content (AvgIpc) is 3.05. The third kappa shape index (κ3) is 6.34. The zero-order valence-corrected chi connectivity index (χ0v) is 16.9. The number of hydrogen-bond donors (Lipinski definition) is 1. The standard InChI is InChI=1S/C18H23N3O3S2/c1-5-25-18-21-20-17(26-18)19-16(22)9-7-13-6-8-14(15(10-13)23-4)24-11-12(2)3/h6-10,12H,5,11H2,1-4H3,(H,19,20,22)/b9-7+. The van der Waals surface area contributed by atoms with Gasteiger partial charge in [-0.05, 0) is 35.4 Å². The van der Waals surface area contributed by atoms with E-state index >= 15 is 0 Å². The van der Waals surface area contributed by atoms with E-state index in [1.165, 1.54) is 17.4 Å². The van der Waals surface area contributed by atoms with Gasteiger partial charge < -0.3 is 9.47 Å². The molecule has 26 heavy (non-hydrogen) atoms. The van der Waals surface area contributed by atoms with Crippen LogP contribution in [0.15, 0.2) is 28.6 Å². The number of nitrogens with one attached hydrogen (secondary N) is 1. The van der Waals surface area contributed by atoms with Crippen molar-refractivity contribution >= 4 is 40.2 Å². The smallest absolute Gasteiger partial charge is 0.250 e. The Morgan fingerprint density at radius 2 is 2.15 bits per heavy atom. The van der Waals surface area contributed by atoms with Crippen molar-refractivity contribution in [2.24, 2.45) is 5.92 Å². The van der Waals surface area contributed by atoms with E-state index in [1.54, 1.807) is 24.9 Å². The summed E-state index contributed by atoms with van der Waals surface area (Å²) in [5, 5.41) is 11.2. The summed E-state index contributed by atoms with van der Waals surface area (Å²) in [5.41, 5.74) is 0.841. The second kappa shape index (κ2) is 10.2. The van der Waals surface area contributed by atoms with Crippen LogP contribution in [0.5, 0.6) is 11.5 Å². The molecule has 140 valence electrons. The molecule has 0 saturated carbocycles. The Bertz CT molecular complexity index is 760. The maximum absolute atomic E-state index is 12.0. The monoisotopic (exact) mass is 393 g/mol. The minimum absolute atomic E-state index is 0.256. The number of thioether (sulfide) groups is 1. The summed E-state index contributed by atoms with van der Waals surface area (Å²) in [6.45, 7) is 6.84. The third-order valence-corrected chi connectivity index (χ3v) is 4.95. The number of nitrogens with zero attached hydrogens (tertiary/aromatic N) is 2. The fourth-order valence-electron chi connectivity index (χ4n) is 1.92. The Morgan fingerprint density at radius 1 is 1.35 bits per heavy atom. The van der Waals surface area contributed by atoms with E-state index in [9.17, 15) is 4.79 Å². The topological polar surface area (TPSA) is 73.3 Å². The molecular weight excluding hydrogens is 370 g/mol. The molecule has 0 atom stereocenters. The van der Waals surface area contributed by atoms with Crippen molar-refractivity contribution in [1.29, 1.82) is 0 Å². The van der Waals surface area contributed by atoms with Gasteiger partial charge in [-0.3, -0.25) is 10.1 Å². The van der Waals surface area contributed by atoms with Gasteiger partial charge >= 0.3 is 0 Å². The number of amides is 1. The van der Waals surface area contributed by atoms with Gasteiger partial charge in [0.1, 0.15) is 0 Å². The summed E-state index contributed by atoms with van der Waals surface area (Å²) in [5.74, 6) is 2.42. The van der Waals surface area contributed by atoms with Crippen molar-refractivity contribution in [1.82, 2.24) is 10.2 Å². The van der Waals surface area contributed by atoms with Crippen molar-refractivity contribution in [2.45, 2.75) is 25.1 Å². The molecule has 6 nitrogen and oxygen atoms in total. The third-order valence-electron chi connectivity index (χ3n) is 3.09. The minimum Gasteiger partial charge on any atom is -0.493 e. The lowest BCUT2D eigenvalue weighted by atomic mass is 10.2. The molecule has 0 fully saturated rings. The van der Waals surface area contributed by atoms with E-state index in [0.717, 1.165) is 15.7 Å². The maximum atomic E-state index is 12.0. The molecule has 0 aliphatic rings. The molecular formula is C18H23N3O3S2. The van der Waals surface area contributed by atoms with E-state index < -0.39 is 0 Å². The Labute approximate surface area is 162 Å². The normalized spacial score (nSPS) is 11.1. The Morgan fingerprint density at radius 3 is 2.85 bits per heavy atom. The second-order valence-electron chi connectivity index (χ2n) is 5.74. The van der Waals surface area contributed by atoms with Crippen LogP contribution in [0, 0.1) is 5.92 Å². The Hall–Kier alpha value is -2.06. The fraction of sp³-hybridized carbons (Fsp3) is 0.389. The first kappa shape index (κ1) is 20.3. The SMILES string of the molecule is CCSc1nnc(NC(=O)/C=C/c2ccc(OCC(C)C)c(OC)c2)s1. The number of carbonyl (C=O) groups is 1. The molecule has 1 aromatic carbocycles. The molecule has 0 unspecified atom stereocenters. The van der Waals surface area contributed by atoms with Crippen LogP contribution in [0.25, 0.3) is 6.08 Å². The van der Waals surface area contributed by atoms with Gasteiger partial charge in [-0.25, -0.2) is 0 Å². The minimum atomic E-state index is -0.256. The molecule has 0 bridgehead atoms. The first-order valence-electron chi connectivity index (χ1n) is 8.28. The highest BCUT2D eigenvalue weighted by Crippen LogP contribution is 2.29. The van der Waals surface area contributed by atoms with E-state index in [4.69, 9.17) is 9.47 Å². The summed E-state index contributed by atoms with van der Waals surface area (Å²) < 4.78 is 11.9. The highest BCUT2D eigenvalue weighted by atomic mass is 32.2. The molecule has 2 rings (SSSR count). The number of anilines is 1. The molecule has 1 heterocycles. The molecule has 2 aromatic rings. The van der Waals surface area contributed by atoms with Crippen molar-refractivity contribution in [3.05, 3.63) is 29.8 Å². The van der Waals surface area contributed by atoms with Gasteiger partial charge in [-0.15, -0.1) is 10.2 Å². The summed E-state index contributed by atoms with van der Waals surface area (Å²) in [4.78, 5) is 12.0. The number of rotatable bonds is 9. The number of benzene rings is 1. The van der Waals surface area contributed by atoms with Gasteiger partial charge in [0.2, 0.25) is 11.0 Å². The van der Waals surface area contributed by atoms with Crippen LogP contribution >= 0.6 is 23.1 Å². The van der Waals surface area contributed by atoms with Crippen LogP contribution in [0.3, 0.4) is 0 Å². The second-order valence-corrected chi connectivity index (χ2v) is 8.23. The number of aromatic nitrogens is 2. The molecule has 0 aliphatic carbocycles. The first-order valence-corrected chi connectivity index (χ1v) is 10.1. The Kier molecular flexibility index (Phi) is 7.93. The van der Waals surface area contributed by atoms with Crippen molar-refractivity contribution in [3.8, 4) is 11.5 Å². The Balaban J connectivity index is 1.98. The maximum Gasteiger partial charge on any atom is 0.250 e. The number of carbonyl (C=O) groups excluding carboxylic acids is 1. The highest BCUT2D eigenvalue weighted by molar-refractivity contribution is 8.01. The molecule has 0 saturated heterocycles. The van der Waals surface area contributed by atoms with Gasteiger partial charge in [0.25, 0.3) is 0 Å². The van der Waals surface area contributed by atoms with Crippen molar-refractivity contribution in [3.63, 3.8) is 0 Å². The quantitative estimate of drug-likeness (QED) is 0.388. The van der Waals surface area contributed by atoms with Crippen LogP contribution in [0.4, 0.5) is 5.13 Å². The summed E-state index contributed by atoms with van der Waals surface area (Å²) in [6.07, 6.45) is 3.17. The van der Waals surface area contributed by atoms with Gasteiger partial charge in [0.05, 0.1) is 13.7 Å². The number of methoxy groups -OCH3 is 1. The summed E-state index contributed by atoms with van der Waals surface area (Å²) in [7, 11) is 1.60. The molecule has 8 heteroatoms. The van der Waals surface area contributed by atoms with Crippen LogP contribution in [0.2, 0.25) is 0 Å². The van der Waals surface area contributed by atoms with E-state index in [1.807, 2.05) is 25.1 Å². The lowest BCUT2D eigenvalue weighted by Crippen LogP contribution is -2.07. The lowest BCUT2D eigenvalue weighted by molar-refractivity contribution is -0.111. The average molecular weight is 394 g/mol. The van der Waals surface area contributed by atoms with E-state index in [-0.39, 0.29) is 5.91 Å². The summed E-state index contributed by atoms with van der Waals surface area (Å²) >= 11 is 2.96. The number of ether oxygens (including phenoxy) is 2. The van der Waals surface area contributed by atoms with Crippen LogP contribution in [-0.4, -0.2) is 35.6 Å². The van der Waals surface area contributed by atoms with Crippen molar-refractivity contribution in [2.75, 3.05) is 24.8 Å². The molecule has 1 N–H and O–H groups in total. The molecule has 0 spiro atoms. The first-order chi connectivity index (χ1) is 12.5. The van der Waals surface area contributed by atoms with Gasteiger partial charge in [0.15, 0.2) is 15.8 Å². The fourth-order valence-corrected chi connectivity index (χ4v) is 3.58. The lowest BCUT2D eigenvalue weighted by Gasteiger charge is -2.12. The van der Waals surface area contributed by atoms with Crippen LogP contribution in [0.1, 0.15) is 26.3 Å². The molecule has 0 aliphatic heterocycles. The van der Waals surface area contributed by atoms with Gasteiger partial charge in [0, 0.05) is 6.08 Å². The zero-order chi connectivity index (χ0) is 18.9. The molecule has 1 amide bonds. The largest absolute Gasteiger partial charge is 0.493 e. The van der Waals surface area contributed by atoms with E-state index in [2.05, 4.69) is 29.4 Å².